The molecule has 0 bridgehead atoms. The van der Waals surface area contributed by atoms with Gasteiger partial charge in [-0.3, -0.25) is 0 Å². The van der Waals surface area contributed by atoms with Crippen molar-refractivity contribution in [1.29, 1.82) is 0 Å². The molecular formula is C12H18O3. The fourth-order valence-corrected chi connectivity index (χ4v) is 1.52. The first-order chi connectivity index (χ1) is 7.22. The average Bonchev–Trinajstić information content (AvgIpc) is 2.30. The monoisotopic (exact) mass is 210 g/mol. The average molecular weight is 210 g/mol. The minimum Gasteiger partial charge on any atom is -0.497 e. The predicted molar refractivity (Wildman–Crippen MR) is 59.2 cm³/mol. The molecule has 84 valence electrons. The maximum Gasteiger partial charge on any atom is 0.118 e. The zero-order chi connectivity index (χ0) is 11.3. The highest BCUT2D eigenvalue weighted by atomic mass is 16.5. The first-order valence-electron chi connectivity index (χ1n) is 4.92. The summed E-state index contributed by atoms with van der Waals surface area (Å²) >= 11 is 0. The molecule has 0 unspecified atom stereocenters. The Hall–Kier alpha value is -1.06. The largest absolute Gasteiger partial charge is 0.497 e. The van der Waals surface area contributed by atoms with E-state index in [2.05, 4.69) is 0 Å². The number of rotatable bonds is 5. The van der Waals surface area contributed by atoms with E-state index in [0.29, 0.717) is 0 Å². The van der Waals surface area contributed by atoms with Crippen LogP contribution in [-0.2, 0) is 9.47 Å². The van der Waals surface area contributed by atoms with Crippen molar-refractivity contribution in [1.82, 2.24) is 0 Å². The maximum atomic E-state index is 5.40. The predicted octanol–water partition coefficient (Wildman–Crippen LogP) is 2.42. The quantitative estimate of drug-likeness (QED) is 0.747. The second-order valence-electron chi connectivity index (χ2n) is 3.37. The van der Waals surface area contributed by atoms with Crippen molar-refractivity contribution in [3.63, 3.8) is 0 Å². The van der Waals surface area contributed by atoms with Crippen LogP contribution in [0.15, 0.2) is 24.3 Å². The summed E-state index contributed by atoms with van der Waals surface area (Å²) in [5.41, 5.74) is 1.09. The number of hydrogen-bond acceptors (Lipinski definition) is 3. The molecule has 0 saturated carbocycles. The van der Waals surface area contributed by atoms with Gasteiger partial charge in [-0.25, -0.2) is 0 Å². The third-order valence-electron chi connectivity index (χ3n) is 2.50. The van der Waals surface area contributed by atoms with Gasteiger partial charge >= 0.3 is 0 Å². The van der Waals surface area contributed by atoms with Crippen LogP contribution < -0.4 is 4.74 Å². The van der Waals surface area contributed by atoms with Crippen molar-refractivity contribution in [2.75, 3.05) is 21.3 Å². The molecule has 0 amide bonds. The summed E-state index contributed by atoms with van der Waals surface area (Å²) in [4.78, 5) is 0. The lowest BCUT2D eigenvalue weighted by Crippen LogP contribution is -2.18. The Balaban J connectivity index is 2.83. The van der Waals surface area contributed by atoms with Gasteiger partial charge < -0.3 is 14.2 Å². The first kappa shape index (κ1) is 12.0. The number of benzene rings is 1. The van der Waals surface area contributed by atoms with E-state index in [4.69, 9.17) is 14.2 Å². The lowest BCUT2D eigenvalue weighted by atomic mass is 10.1. The second kappa shape index (κ2) is 5.73. The van der Waals surface area contributed by atoms with E-state index in [9.17, 15) is 0 Å². The van der Waals surface area contributed by atoms with E-state index in [1.165, 1.54) is 0 Å². The van der Waals surface area contributed by atoms with Gasteiger partial charge in [-0.1, -0.05) is 12.1 Å². The summed E-state index contributed by atoms with van der Waals surface area (Å²) in [6, 6.07) is 7.82. The molecule has 0 saturated heterocycles. The van der Waals surface area contributed by atoms with Crippen LogP contribution in [0.3, 0.4) is 0 Å². The van der Waals surface area contributed by atoms with E-state index in [0.717, 1.165) is 11.3 Å². The van der Waals surface area contributed by atoms with E-state index >= 15 is 0 Å². The van der Waals surface area contributed by atoms with Crippen LogP contribution in [-0.4, -0.2) is 27.4 Å². The molecule has 1 aromatic rings. The molecular weight excluding hydrogens is 192 g/mol. The summed E-state index contributed by atoms with van der Waals surface area (Å²) in [6.07, 6.45) is -0.00991. The molecule has 0 aliphatic heterocycles. The van der Waals surface area contributed by atoms with Crippen molar-refractivity contribution in [2.45, 2.75) is 19.1 Å². The van der Waals surface area contributed by atoms with Crippen LogP contribution in [0.2, 0.25) is 0 Å². The van der Waals surface area contributed by atoms with Gasteiger partial charge in [0.25, 0.3) is 0 Å². The zero-order valence-electron chi connectivity index (χ0n) is 9.69. The van der Waals surface area contributed by atoms with Gasteiger partial charge in [-0.15, -0.1) is 0 Å². The molecule has 0 aromatic heterocycles. The van der Waals surface area contributed by atoms with Crippen LogP contribution >= 0.6 is 0 Å². The lowest BCUT2D eigenvalue weighted by molar-refractivity contribution is -0.0277. The number of methoxy groups -OCH3 is 3. The normalized spacial score (nSPS) is 14.7. The van der Waals surface area contributed by atoms with Crippen LogP contribution in [0.5, 0.6) is 5.75 Å². The number of ether oxygens (including phenoxy) is 3. The SMILES string of the molecule is COc1ccc([C@@H](OC)[C@@H](C)OC)cc1. The zero-order valence-corrected chi connectivity index (χ0v) is 9.69. The maximum absolute atomic E-state index is 5.40. The third-order valence-corrected chi connectivity index (χ3v) is 2.50. The molecule has 0 aliphatic rings. The Bertz CT molecular complexity index is 281. The van der Waals surface area contributed by atoms with Gasteiger partial charge in [0, 0.05) is 14.2 Å². The minimum atomic E-state index is -0.0408. The molecule has 2 atom stereocenters. The molecule has 3 heteroatoms. The molecule has 0 spiro atoms. The summed E-state index contributed by atoms with van der Waals surface area (Å²) < 4.78 is 15.8. The molecule has 0 aliphatic carbocycles. The van der Waals surface area contributed by atoms with Crippen LogP contribution in [0.25, 0.3) is 0 Å². The Morgan fingerprint density at radius 2 is 1.53 bits per heavy atom. The summed E-state index contributed by atoms with van der Waals surface area (Å²) in [7, 11) is 5.02. The molecule has 0 N–H and O–H groups in total. The molecule has 0 fully saturated rings. The molecule has 0 radical (unpaired) electrons. The fourth-order valence-electron chi connectivity index (χ4n) is 1.52. The Morgan fingerprint density at radius 3 is 1.93 bits per heavy atom. The van der Waals surface area contributed by atoms with Crippen LogP contribution in [0.4, 0.5) is 0 Å². The topological polar surface area (TPSA) is 27.7 Å². The van der Waals surface area contributed by atoms with Crippen LogP contribution in [0, 0.1) is 0 Å². The van der Waals surface area contributed by atoms with Crippen molar-refractivity contribution in [2.24, 2.45) is 0 Å². The smallest absolute Gasteiger partial charge is 0.118 e. The Labute approximate surface area is 91.0 Å². The summed E-state index contributed by atoms with van der Waals surface area (Å²) in [5, 5.41) is 0. The van der Waals surface area contributed by atoms with Crippen LogP contribution in [0.1, 0.15) is 18.6 Å². The lowest BCUT2D eigenvalue weighted by Gasteiger charge is -2.21. The summed E-state index contributed by atoms with van der Waals surface area (Å²) in [5.74, 6) is 0.846. The van der Waals surface area contributed by atoms with Crippen molar-refractivity contribution >= 4 is 0 Å². The molecule has 3 nitrogen and oxygen atoms in total. The second-order valence-corrected chi connectivity index (χ2v) is 3.37. The highest BCUT2D eigenvalue weighted by molar-refractivity contribution is 5.28. The molecule has 15 heavy (non-hydrogen) atoms. The highest BCUT2D eigenvalue weighted by Gasteiger charge is 2.18. The fraction of sp³-hybridized carbons (Fsp3) is 0.500. The van der Waals surface area contributed by atoms with E-state index < -0.39 is 0 Å². The van der Waals surface area contributed by atoms with Crippen molar-refractivity contribution < 1.29 is 14.2 Å². The molecule has 1 aromatic carbocycles. The molecule has 1 rings (SSSR count). The Morgan fingerprint density at radius 1 is 0.933 bits per heavy atom. The molecule has 0 heterocycles. The van der Waals surface area contributed by atoms with Gasteiger partial charge in [0.1, 0.15) is 11.9 Å². The van der Waals surface area contributed by atoms with E-state index in [1.54, 1.807) is 21.3 Å². The van der Waals surface area contributed by atoms with E-state index in [1.807, 2.05) is 31.2 Å². The highest BCUT2D eigenvalue weighted by Crippen LogP contribution is 2.24. The Kier molecular flexibility index (Phi) is 4.59. The van der Waals surface area contributed by atoms with Gasteiger partial charge in [0.05, 0.1) is 13.2 Å². The third kappa shape index (κ3) is 2.94. The summed E-state index contributed by atoms with van der Waals surface area (Å²) in [6.45, 7) is 1.98. The van der Waals surface area contributed by atoms with Crippen molar-refractivity contribution in [3.05, 3.63) is 29.8 Å². The standard InChI is InChI=1S/C12H18O3/c1-9(13-2)12(15-4)10-5-7-11(14-3)8-6-10/h5-9,12H,1-4H3/t9-,12+/m1/s1. The van der Waals surface area contributed by atoms with Gasteiger partial charge in [0.15, 0.2) is 0 Å². The number of hydrogen-bond donors (Lipinski definition) is 0. The van der Waals surface area contributed by atoms with Gasteiger partial charge in [-0.2, -0.15) is 0 Å². The first-order valence-corrected chi connectivity index (χ1v) is 4.92. The van der Waals surface area contributed by atoms with Gasteiger partial charge in [-0.05, 0) is 24.6 Å². The minimum absolute atomic E-state index is 0.0309. The van der Waals surface area contributed by atoms with Gasteiger partial charge in [0.2, 0.25) is 0 Å². The van der Waals surface area contributed by atoms with Crippen molar-refractivity contribution in [3.8, 4) is 5.75 Å². The van der Waals surface area contributed by atoms with E-state index in [-0.39, 0.29) is 12.2 Å².